The number of carbonyl (C=O) groups is 2. The summed E-state index contributed by atoms with van der Waals surface area (Å²) in [5.74, 6) is -1.09. The van der Waals surface area contributed by atoms with E-state index in [0.29, 0.717) is 18.5 Å². The summed E-state index contributed by atoms with van der Waals surface area (Å²) in [5, 5.41) is 13.1. The van der Waals surface area contributed by atoms with Crippen molar-refractivity contribution in [1.29, 1.82) is 0 Å². The van der Waals surface area contributed by atoms with Crippen LogP contribution in [0.15, 0.2) is 36.9 Å². The number of para-hydroxylation sites is 1. The molecule has 1 unspecified atom stereocenters. The number of ether oxygens (including phenoxy) is 2. The van der Waals surface area contributed by atoms with Crippen LogP contribution in [0, 0.1) is 0 Å². The van der Waals surface area contributed by atoms with Crippen molar-refractivity contribution in [3.05, 3.63) is 48.0 Å². The zero-order valence-electron chi connectivity index (χ0n) is 15.5. The van der Waals surface area contributed by atoms with Gasteiger partial charge in [-0.15, -0.1) is 0 Å². The molecule has 0 saturated heterocycles. The number of aryl methyl sites for hydroxylation is 1. The molecule has 10 heteroatoms. The minimum absolute atomic E-state index is 0.122. The van der Waals surface area contributed by atoms with E-state index in [1.54, 1.807) is 41.5 Å². The monoisotopic (exact) mass is 387 g/mol. The Balaban J connectivity index is 1.61. The van der Waals surface area contributed by atoms with Crippen molar-refractivity contribution in [3.63, 3.8) is 0 Å². The van der Waals surface area contributed by atoms with Crippen LogP contribution in [0.5, 0.6) is 5.75 Å². The van der Waals surface area contributed by atoms with Crippen molar-refractivity contribution in [1.82, 2.24) is 14.9 Å². The van der Waals surface area contributed by atoms with Gasteiger partial charge in [-0.3, -0.25) is 4.79 Å². The molecule has 0 radical (unpaired) electrons. The second-order valence-corrected chi connectivity index (χ2v) is 6.36. The third kappa shape index (κ3) is 4.90. The van der Waals surface area contributed by atoms with Crippen LogP contribution in [-0.4, -0.2) is 59.8 Å². The summed E-state index contributed by atoms with van der Waals surface area (Å²) >= 11 is 0. The molecule has 28 heavy (non-hydrogen) atoms. The van der Waals surface area contributed by atoms with Gasteiger partial charge < -0.3 is 29.0 Å². The van der Waals surface area contributed by atoms with Gasteiger partial charge in [0.25, 0.3) is 0 Å². The molecular weight excluding hydrogens is 365 g/mol. The Morgan fingerprint density at radius 2 is 2.29 bits per heavy atom. The van der Waals surface area contributed by atoms with Crippen LogP contribution in [0.1, 0.15) is 22.3 Å². The number of rotatable bonds is 8. The topological polar surface area (TPSA) is 112 Å². The lowest BCUT2D eigenvalue weighted by molar-refractivity contribution is -0.121. The number of benzene rings is 1. The van der Waals surface area contributed by atoms with E-state index < -0.39 is 19.0 Å². The number of hydrogen-bond acceptors (Lipinski definition) is 7. The summed E-state index contributed by atoms with van der Waals surface area (Å²) in [6.45, 7) is 0.901. The largest absolute Gasteiger partial charge is 0.547 e. The zero-order valence-corrected chi connectivity index (χ0v) is 15.5. The number of fused-ring (bicyclic) bond motifs is 1. The van der Waals surface area contributed by atoms with E-state index in [-0.39, 0.29) is 36.9 Å². The summed E-state index contributed by atoms with van der Waals surface area (Å²) in [7, 11) is 0.249. The molecule has 2 heterocycles. The van der Waals surface area contributed by atoms with Gasteiger partial charge in [0.05, 0.1) is 18.9 Å². The van der Waals surface area contributed by atoms with E-state index in [0.717, 1.165) is 0 Å². The first-order valence-corrected chi connectivity index (χ1v) is 8.96. The normalized spacial score (nSPS) is 15.5. The first-order valence-electron chi connectivity index (χ1n) is 8.96. The lowest BCUT2D eigenvalue weighted by atomic mass is 9.72. The first kappa shape index (κ1) is 19.9. The van der Waals surface area contributed by atoms with Crippen LogP contribution < -0.4 is 9.97 Å². The van der Waals surface area contributed by atoms with Crippen molar-refractivity contribution in [3.8, 4) is 5.75 Å². The molecule has 0 bridgehead atoms. The van der Waals surface area contributed by atoms with E-state index in [1.165, 1.54) is 7.11 Å². The summed E-state index contributed by atoms with van der Waals surface area (Å²) < 4.78 is 17.3. The van der Waals surface area contributed by atoms with Gasteiger partial charge >= 0.3 is 13.1 Å². The summed E-state index contributed by atoms with van der Waals surface area (Å²) in [6, 6.07) is 5.08. The average molecular weight is 387 g/mol. The molecule has 0 spiro atoms. The molecular formula is C18H22BN3O6. The number of hydrogen-bond donors (Lipinski definition) is 2. The molecule has 1 aliphatic heterocycles. The molecule has 148 valence electrons. The smallest absolute Gasteiger partial charge is 0.534 e. The number of nitrogens with zero attached hydrogens (tertiary/aromatic N) is 2. The molecule has 1 amide bonds. The Morgan fingerprint density at radius 1 is 1.43 bits per heavy atom. The third-order valence-electron chi connectivity index (χ3n) is 4.36. The lowest BCUT2D eigenvalue weighted by Gasteiger charge is -2.29. The minimum Gasteiger partial charge on any atom is -0.534 e. The Morgan fingerprint density at radius 3 is 3.04 bits per heavy atom. The molecule has 0 fully saturated rings. The molecule has 1 aromatic carbocycles. The molecule has 1 aromatic heterocycles. The van der Waals surface area contributed by atoms with Gasteiger partial charge in [-0.2, -0.15) is 0 Å². The van der Waals surface area contributed by atoms with Crippen LogP contribution in [0.4, 0.5) is 0 Å². The highest BCUT2D eigenvalue weighted by molar-refractivity contribution is 6.47. The van der Waals surface area contributed by atoms with Gasteiger partial charge in [-0.25, -0.2) is 9.78 Å². The number of aromatic nitrogens is 2. The number of amides is 1. The SMILES string of the molecule is COCCOC(=O)c1cccc2c1OB(O)C(NC(=O)CCn1ccnc1)C2. The zero-order chi connectivity index (χ0) is 19.9. The summed E-state index contributed by atoms with van der Waals surface area (Å²) in [4.78, 5) is 28.4. The van der Waals surface area contributed by atoms with Crippen molar-refractivity contribution >= 4 is 19.0 Å². The summed E-state index contributed by atoms with van der Waals surface area (Å²) in [6.07, 6.45) is 5.64. The second kappa shape index (κ2) is 9.38. The number of methoxy groups -OCH3 is 1. The van der Waals surface area contributed by atoms with Crippen molar-refractivity contribution in [2.45, 2.75) is 25.3 Å². The van der Waals surface area contributed by atoms with E-state index in [1.807, 2.05) is 0 Å². The molecule has 3 rings (SSSR count). The fourth-order valence-corrected chi connectivity index (χ4v) is 2.93. The van der Waals surface area contributed by atoms with Gasteiger partial charge in [-0.05, 0) is 18.1 Å². The molecule has 0 saturated carbocycles. The van der Waals surface area contributed by atoms with Gasteiger partial charge in [0.1, 0.15) is 17.9 Å². The molecule has 2 aromatic rings. The Labute approximate surface area is 162 Å². The Hall–Kier alpha value is -2.85. The molecule has 0 aliphatic carbocycles. The number of imidazole rings is 1. The fourth-order valence-electron chi connectivity index (χ4n) is 2.93. The van der Waals surface area contributed by atoms with E-state index >= 15 is 0 Å². The maximum absolute atomic E-state index is 12.2. The third-order valence-corrected chi connectivity index (χ3v) is 4.36. The first-order chi connectivity index (χ1) is 13.6. The van der Waals surface area contributed by atoms with Crippen LogP contribution in [0.25, 0.3) is 0 Å². The number of nitrogens with one attached hydrogen (secondary N) is 1. The van der Waals surface area contributed by atoms with Crippen molar-refractivity contribution < 1.29 is 28.7 Å². The predicted octanol–water partition coefficient (Wildman–Crippen LogP) is 0.216. The highest BCUT2D eigenvalue weighted by atomic mass is 16.6. The van der Waals surface area contributed by atoms with Crippen LogP contribution in [-0.2, 0) is 27.2 Å². The maximum Gasteiger partial charge on any atom is 0.547 e. The van der Waals surface area contributed by atoms with Crippen LogP contribution in [0.2, 0.25) is 0 Å². The second-order valence-electron chi connectivity index (χ2n) is 6.36. The molecule has 1 aliphatic rings. The highest BCUT2D eigenvalue weighted by Crippen LogP contribution is 2.30. The molecule has 2 N–H and O–H groups in total. The van der Waals surface area contributed by atoms with E-state index in [2.05, 4.69) is 10.3 Å². The van der Waals surface area contributed by atoms with Crippen LogP contribution in [0.3, 0.4) is 0 Å². The quantitative estimate of drug-likeness (QED) is 0.379. The number of esters is 1. The van der Waals surface area contributed by atoms with E-state index in [9.17, 15) is 14.6 Å². The van der Waals surface area contributed by atoms with Gasteiger partial charge in [0.15, 0.2) is 0 Å². The Bertz CT molecular complexity index is 814. The number of carbonyl (C=O) groups excluding carboxylic acids is 2. The minimum atomic E-state index is -1.27. The average Bonchev–Trinajstić information content (AvgIpc) is 3.20. The predicted molar refractivity (Wildman–Crippen MR) is 99.7 cm³/mol. The van der Waals surface area contributed by atoms with Crippen molar-refractivity contribution in [2.75, 3.05) is 20.3 Å². The molecule has 9 nitrogen and oxygen atoms in total. The Kier molecular flexibility index (Phi) is 6.67. The molecule has 1 atom stereocenters. The summed E-state index contributed by atoms with van der Waals surface area (Å²) in [5.41, 5.74) is 0.948. The van der Waals surface area contributed by atoms with E-state index in [4.69, 9.17) is 14.1 Å². The lowest BCUT2D eigenvalue weighted by Crippen LogP contribution is -2.53. The van der Waals surface area contributed by atoms with Gasteiger partial charge in [0.2, 0.25) is 5.91 Å². The van der Waals surface area contributed by atoms with Gasteiger partial charge in [0, 0.05) is 32.5 Å². The maximum atomic E-state index is 12.2. The van der Waals surface area contributed by atoms with Crippen LogP contribution >= 0.6 is 0 Å². The van der Waals surface area contributed by atoms with Gasteiger partial charge in [-0.1, -0.05) is 12.1 Å². The highest BCUT2D eigenvalue weighted by Gasteiger charge is 2.37. The van der Waals surface area contributed by atoms with Crippen molar-refractivity contribution in [2.24, 2.45) is 0 Å². The fraction of sp³-hybridized carbons (Fsp3) is 0.389. The standard InChI is InChI=1S/C18H22BN3O6/c1-26-9-10-27-18(24)14-4-2-3-13-11-15(19(25)28-17(13)14)21-16(23)5-7-22-8-6-20-12-22/h2-4,6,8,12,15,25H,5,7,9-11H2,1H3,(H,21,23).